The molecule has 0 radical (unpaired) electrons. The highest BCUT2D eigenvalue weighted by Gasteiger charge is 2.09. The third-order valence-corrected chi connectivity index (χ3v) is 3.95. The van der Waals surface area contributed by atoms with E-state index in [-0.39, 0.29) is 12.4 Å². The molecule has 0 unspecified atom stereocenters. The number of fused-ring (bicyclic) bond motifs is 1. The standard InChI is InChI=1S/C21H17N3.ClH/c1-15-11-13-17(14-12-15)22-21-18-9-5-6-10-19(18)23-20(24-21)16-7-3-2-4-8-16;/h2-14H,1H3,(H,22,23,24);1H/p-1. The van der Waals surface area contributed by atoms with Gasteiger partial charge in [0.1, 0.15) is 5.82 Å². The van der Waals surface area contributed by atoms with E-state index in [0.717, 1.165) is 33.8 Å². The quantitative estimate of drug-likeness (QED) is 0.619. The van der Waals surface area contributed by atoms with Crippen molar-refractivity contribution in [2.24, 2.45) is 0 Å². The minimum Gasteiger partial charge on any atom is -1.00 e. The van der Waals surface area contributed by atoms with Crippen molar-refractivity contribution in [3.63, 3.8) is 0 Å². The molecular formula is C21H17ClN3-. The molecular weight excluding hydrogens is 330 g/mol. The van der Waals surface area contributed by atoms with Crippen molar-refractivity contribution in [2.75, 3.05) is 5.32 Å². The first-order valence-corrected chi connectivity index (χ1v) is 7.95. The summed E-state index contributed by atoms with van der Waals surface area (Å²) in [6.45, 7) is 2.08. The van der Waals surface area contributed by atoms with Gasteiger partial charge in [-0.2, -0.15) is 0 Å². The van der Waals surface area contributed by atoms with Gasteiger partial charge in [-0.1, -0.05) is 60.2 Å². The summed E-state index contributed by atoms with van der Waals surface area (Å²) in [4.78, 5) is 9.48. The predicted molar refractivity (Wildman–Crippen MR) is 99.4 cm³/mol. The Hall–Kier alpha value is -2.91. The molecule has 0 amide bonds. The zero-order valence-corrected chi connectivity index (χ0v) is 14.5. The van der Waals surface area contributed by atoms with Crippen LogP contribution in [0.25, 0.3) is 22.3 Å². The fraction of sp³-hybridized carbons (Fsp3) is 0.0476. The molecule has 3 nitrogen and oxygen atoms in total. The largest absolute Gasteiger partial charge is 1.00 e. The number of rotatable bonds is 3. The lowest BCUT2D eigenvalue weighted by Gasteiger charge is -2.11. The average Bonchev–Trinajstić information content (AvgIpc) is 2.64. The van der Waals surface area contributed by atoms with Crippen molar-refractivity contribution in [1.29, 1.82) is 0 Å². The first-order chi connectivity index (χ1) is 11.8. The lowest BCUT2D eigenvalue weighted by atomic mass is 10.1. The molecule has 0 aliphatic rings. The van der Waals surface area contributed by atoms with Crippen LogP contribution in [0, 0.1) is 6.92 Å². The monoisotopic (exact) mass is 346 g/mol. The van der Waals surface area contributed by atoms with Crippen LogP contribution in [-0.2, 0) is 0 Å². The van der Waals surface area contributed by atoms with Crippen LogP contribution in [0.2, 0.25) is 0 Å². The third-order valence-electron chi connectivity index (χ3n) is 3.95. The van der Waals surface area contributed by atoms with E-state index in [2.05, 4.69) is 36.5 Å². The molecule has 124 valence electrons. The Labute approximate surface area is 153 Å². The van der Waals surface area contributed by atoms with Gasteiger partial charge in [-0.3, -0.25) is 0 Å². The molecule has 4 heteroatoms. The Morgan fingerprint density at radius 1 is 0.720 bits per heavy atom. The molecule has 0 bridgehead atoms. The van der Waals surface area contributed by atoms with Gasteiger partial charge in [0.15, 0.2) is 5.82 Å². The molecule has 1 N–H and O–H groups in total. The van der Waals surface area contributed by atoms with Crippen LogP contribution in [0.3, 0.4) is 0 Å². The first kappa shape index (κ1) is 16.9. The summed E-state index contributed by atoms with van der Waals surface area (Å²) in [5, 5.41) is 4.44. The molecule has 0 aliphatic heterocycles. The molecule has 4 aromatic rings. The maximum atomic E-state index is 4.77. The van der Waals surface area contributed by atoms with Crippen LogP contribution in [-0.4, -0.2) is 9.97 Å². The van der Waals surface area contributed by atoms with Crippen LogP contribution >= 0.6 is 0 Å². The molecule has 25 heavy (non-hydrogen) atoms. The molecule has 0 fully saturated rings. The Morgan fingerprint density at radius 3 is 2.16 bits per heavy atom. The van der Waals surface area contributed by atoms with E-state index in [1.165, 1.54) is 5.56 Å². The third kappa shape index (κ3) is 3.62. The van der Waals surface area contributed by atoms with E-state index < -0.39 is 0 Å². The van der Waals surface area contributed by atoms with Gasteiger partial charge in [-0.15, -0.1) is 0 Å². The second-order valence-corrected chi connectivity index (χ2v) is 5.77. The van der Waals surface area contributed by atoms with Crippen molar-refractivity contribution in [3.05, 3.63) is 84.4 Å². The second kappa shape index (κ2) is 7.32. The van der Waals surface area contributed by atoms with Gasteiger partial charge >= 0.3 is 0 Å². The van der Waals surface area contributed by atoms with Crippen LogP contribution in [0.4, 0.5) is 11.5 Å². The summed E-state index contributed by atoms with van der Waals surface area (Å²) in [5.41, 5.74) is 4.19. The second-order valence-electron chi connectivity index (χ2n) is 5.77. The molecule has 0 saturated heterocycles. The fourth-order valence-corrected chi connectivity index (χ4v) is 2.66. The average molecular weight is 347 g/mol. The van der Waals surface area contributed by atoms with Gasteiger partial charge in [0.2, 0.25) is 0 Å². The predicted octanol–water partition coefficient (Wildman–Crippen LogP) is 2.35. The summed E-state index contributed by atoms with van der Waals surface area (Å²) in [5.74, 6) is 1.55. The number of para-hydroxylation sites is 1. The number of anilines is 2. The minimum absolute atomic E-state index is 0. The topological polar surface area (TPSA) is 37.8 Å². The SMILES string of the molecule is Cc1ccc(Nc2nc(-c3ccccc3)nc3ccccc23)cc1.[Cl-]. The molecule has 0 saturated carbocycles. The van der Waals surface area contributed by atoms with Crippen molar-refractivity contribution in [2.45, 2.75) is 6.92 Å². The lowest BCUT2D eigenvalue weighted by Crippen LogP contribution is -3.00. The van der Waals surface area contributed by atoms with Crippen molar-refractivity contribution in [3.8, 4) is 11.4 Å². The normalized spacial score (nSPS) is 10.3. The number of hydrogen-bond donors (Lipinski definition) is 1. The van der Waals surface area contributed by atoms with Gasteiger partial charge in [0.25, 0.3) is 0 Å². The Morgan fingerprint density at radius 2 is 1.40 bits per heavy atom. The molecule has 4 rings (SSSR count). The summed E-state index contributed by atoms with van der Waals surface area (Å²) in [6.07, 6.45) is 0. The number of nitrogens with zero attached hydrogens (tertiary/aromatic N) is 2. The summed E-state index contributed by atoms with van der Waals surface area (Å²) in [6, 6.07) is 26.4. The molecule has 1 aromatic heterocycles. The van der Waals surface area contributed by atoms with E-state index in [9.17, 15) is 0 Å². The minimum atomic E-state index is 0. The number of nitrogens with one attached hydrogen (secondary N) is 1. The number of halogens is 1. The summed E-state index contributed by atoms with van der Waals surface area (Å²) in [7, 11) is 0. The zero-order chi connectivity index (χ0) is 16.4. The van der Waals surface area contributed by atoms with Gasteiger partial charge < -0.3 is 17.7 Å². The lowest BCUT2D eigenvalue weighted by molar-refractivity contribution is -0.00000488. The van der Waals surface area contributed by atoms with Crippen LogP contribution in [0.15, 0.2) is 78.9 Å². The van der Waals surface area contributed by atoms with Gasteiger partial charge in [-0.05, 0) is 31.2 Å². The van der Waals surface area contributed by atoms with E-state index >= 15 is 0 Å². The Kier molecular flexibility index (Phi) is 4.96. The van der Waals surface area contributed by atoms with Gasteiger partial charge in [0.05, 0.1) is 5.52 Å². The van der Waals surface area contributed by atoms with Crippen LogP contribution in [0.5, 0.6) is 0 Å². The first-order valence-electron chi connectivity index (χ1n) is 7.95. The van der Waals surface area contributed by atoms with E-state index in [0.29, 0.717) is 0 Å². The van der Waals surface area contributed by atoms with E-state index in [4.69, 9.17) is 9.97 Å². The fourth-order valence-electron chi connectivity index (χ4n) is 2.66. The van der Waals surface area contributed by atoms with Crippen molar-refractivity contribution in [1.82, 2.24) is 9.97 Å². The maximum absolute atomic E-state index is 4.77. The van der Waals surface area contributed by atoms with E-state index in [1.54, 1.807) is 0 Å². The molecule has 0 aliphatic carbocycles. The smallest absolute Gasteiger partial charge is 0.162 e. The van der Waals surface area contributed by atoms with Crippen LogP contribution < -0.4 is 17.7 Å². The summed E-state index contributed by atoms with van der Waals surface area (Å²) < 4.78 is 0. The highest BCUT2D eigenvalue weighted by Crippen LogP contribution is 2.27. The molecule has 0 atom stereocenters. The molecule has 1 heterocycles. The van der Waals surface area contributed by atoms with Crippen molar-refractivity contribution >= 4 is 22.4 Å². The van der Waals surface area contributed by atoms with Crippen molar-refractivity contribution < 1.29 is 12.4 Å². The molecule has 3 aromatic carbocycles. The highest BCUT2D eigenvalue weighted by atomic mass is 35.5. The number of hydrogen-bond acceptors (Lipinski definition) is 3. The molecule has 0 spiro atoms. The van der Waals surface area contributed by atoms with Gasteiger partial charge in [-0.25, -0.2) is 9.97 Å². The zero-order valence-electron chi connectivity index (χ0n) is 13.8. The van der Waals surface area contributed by atoms with E-state index in [1.807, 2.05) is 54.6 Å². The number of benzene rings is 3. The number of aryl methyl sites for hydroxylation is 1. The maximum Gasteiger partial charge on any atom is 0.162 e. The Bertz CT molecular complexity index is 983. The highest BCUT2D eigenvalue weighted by molar-refractivity contribution is 5.92. The number of aromatic nitrogens is 2. The Balaban J connectivity index is 0.00000182. The van der Waals surface area contributed by atoms with Gasteiger partial charge in [0, 0.05) is 16.6 Å². The summed E-state index contributed by atoms with van der Waals surface area (Å²) >= 11 is 0. The van der Waals surface area contributed by atoms with Crippen LogP contribution in [0.1, 0.15) is 5.56 Å².